The highest BCUT2D eigenvalue weighted by Gasteiger charge is 2.48. The molecule has 1 aliphatic rings. The van der Waals surface area contributed by atoms with Crippen LogP contribution in [0.1, 0.15) is 50.6 Å². The third-order valence-electron chi connectivity index (χ3n) is 6.70. The Morgan fingerprint density at radius 2 is 1.76 bits per heavy atom. The zero-order chi connectivity index (χ0) is 30.0. The van der Waals surface area contributed by atoms with Gasteiger partial charge >= 0.3 is 11.9 Å². The van der Waals surface area contributed by atoms with Gasteiger partial charge in [-0.15, -0.1) is 0 Å². The van der Waals surface area contributed by atoms with Gasteiger partial charge < -0.3 is 14.6 Å². The third-order valence-corrected chi connectivity index (χ3v) is 8.36. The van der Waals surface area contributed by atoms with Crippen LogP contribution in [0.5, 0.6) is 5.75 Å². The van der Waals surface area contributed by atoms with Crippen LogP contribution in [0, 0.1) is 13.8 Å². The number of aliphatic hydroxyl groups is 1. The first-order chi connectivity index (χ1) is 20.2. The summed E-state index contributed by atoms with van der Waals surface area (Å²) < 4.78 is 11.8. The van der Waals surface area contributed by atoms with Crippen LogP contribution in [-0.4, -0.2) is 34.4 Å². The minimum atomic E-state index is -0.976. The number of hydrogen-bond acceptors (Lipinski definition) is 8. The van der Waals surface area contributed by atoms with E-state index in [1.807, 2.05) is 31.2 Å². The highest BCUT2D eigenvalue weighted by molar-refractivity contribution is 9.10. The summed E-state index contributed by atoms with van der Waals surface area (Å²) in [6.45, 7) is 5.92. The molecule has 1 fully saturated rings. The molecule has 2 heterocycles. The van der Waals surface area contributed by atoms with E-state index in [1.165, 1.54) is 4.90 Å². The fourth-order valence-corrected chi connectivity index (χ4v) is 5.95. The van der Waals surface area contributed by atoms with Gasteiger partial charge in [-0.2, -0.15) is 0 Å². The summed E-state index contributed by atoms with van der Waals surface area (Å²) in [5, 5.41) is 11.6. The zero-order valence-electron chi connectivity index (χ0n) is 23.1. The molecule has 4 aromatic rings. The minimum Gasteiger partial charge on any atom is -0.507 e. The number of nitrogens with zero attached hydrogens (tertiary/aromatic N) is 2. The smallest absolute Gasteiger partial charge is 0.350 e. The number of aliphatic hydroxyl groups excluding tert-OH is 1. The van der Waals surface area contributed by atoms with Crippen LogP contribution in [0.2, 0.25) is 0 Å². The predicted molar refractivity (Wildman–Crippen MR) is 164 cm³/mol. The number of aromatic nitrogens is 1. The van der Waals surface area contributed by atoms with Crippen molar-refractivity contribution in [2.45, 2.75) is 33.4 Å². The summed E-state index contributed by atoms with van der Waals surface area (Å²) in [7, 11) is 0. The molecule has 8 nitrogen and oxygen atoms in total. The quantitative estimate of drug-likeness (QED) is 0.0960. The molecule has 1 unspecified atom stereocenters. The van der Waals surface area contributed by atoms with Gasteiger partial charge in [0.15, 0.2) is 5.13 Å². The molecule has 0 bridgehead atoms. The number of Topliss-reactive ketones (excluding diaryl/α,β-unsaturated/α-hetero) is 1. The Morgan fingerprint density at radius 1 is 1.05 bits per heavy atom. The Morgan fingerprint density at radius 3 is 2.43 bits per heavy atom. The summed E-state index contributed by atoms with van der Waals surface area (Å²) >= 11 is 4.38. The molecule has 0 saturated carbocycles. The zero-order valence-corrected chi connectivity index (χ0v) is 25.5. The number of carbonyl (C=O) groups excluding carboxylic acids is 3. The number of anilines is 1. The van der Waals surface area contributed by atoms with Crippen LogP contribution in [0.4, 0.5) is 5.13 Å². The van der Waals surface area contributed by atoms with Crippen LogP contribution >= 0.6 is 27.3 Å². The molecule has 0 radical (unpaired) electrons. The largest absolute Gasteiger partial charge is 0.507 e. The number of benzene rings is 3. The molecule has 1 N–H and O–H groups in total. The Hall–Kier alpha value is -4.28. The lowest BCUT2D eigenvalue weighted by molar-refractivity contribution is -0.132. The molecule has 42 heavy (non-hydrogen) atoms. The second kappa shape index (κ2) is 12.3. The Kier molecular flexibility index (Phi) is 8.56. The van der Waals surface area contributed by atoms with Crippen molar-refractivity contribution in [2.24, 2.45) is 0 Å². The number of amides is 1. The summed E-state index contributed by atoms with van der Waals surface area (Å²) in [5.41, 5.74) is 3.40. The van der Waals surface area contributed by atoms with E-state index in [4.69, 9.17) is 9.47 Å². The summed E-state index contributed by atoms with van der Waals surface area (Å²) in [6, 6.07) is 20.8. The molecule has 1 aliphatic heterocycles. The Balaban J connectivity index is 1.52. The molecule has 0 spiro atoms. The maximum Gasteiger partial charge on any atom is 0.350 e. The third kappa shape index (κ3) is 5.86. The van der Waals surface area contributed by atoms with E-state index in [2.05, 4.69) is 20.9 Å². The van der Waals surface area contributed by atoms with Crippen molar-refractivity contribution in [3.8, 4) is 5.75 Å². The van der Waals surface area contributed by atoms with Gasteiger partial charge in [-0.1, -0.05) is 69.2 Å². The molecule has 1 aromatic heterocycles. The SMILES string of the molecule is CCOC(=O)c1sc(N2C(=O)C(=O)/C(=C(/O)c3ccc(OCc4cccc(C)c4)cc3)C2c2ccc(Br)cc2)nc1C. The molecule has 214 valence electrons. The van der Waals surface area contributed by atoms with E-state index in [0.717, 1.165) is 26.9 Å². The van der Waals surface area contributed by atoms with Gasteiger partial charge in [0.05, 0.1) is 23.9 Å². The van der Waals surface area contributed by atoms with Crippen molar-refractivity contribution < 1.29 is 29.0 Å². The number of halogens is 1. The van der Waals surface area contributed by atoms with Crippen molar-refractivity contribution in [2.75, 3.05) is 11.5 Å². The van der Waals surface area contributed by atoms with Gasteiger partial charge in [-0.25, -0.2) is 9.78 Å². The van der Waals surface area contributed by atoms with Crippen LogP contribution in [-0.2, 0) is 20.9 Å². The average molecular weight is 648 g/mol. The second-order valence-electron chi connectivity index (χ2n) is 9.65. The van der Waals surface area contributed by atoms with E-state index in [0.29, 0.717) is 29.2 Å². The van der Waals surface area contributed by atoms with Crippen LogP contribution < -0.4 is 9.64 Å². The Bertz CT molecular complexity index is 1690. The van der Waals surface area contributed by atoms with Crippen molar-refractivity contribution in [1.82, 2.24) is 4.98 Å². The highest BCUT2D eigenvalue weighted by atomic mass is 79.9. The van der Waals surface area contributed by atoms with Crippen molar-refractivity contribution in [1.29, 1.82) is 0 Å². The first-order valence-corrected chi connectivity index (χ1v) is 14.8. The summed E-state index contributed by atoms with van der Waals surface area (Å²) in [4.78, 5) is 45.3. The van der Waals surface area contributed by atoms with Crippen molar-refractivity contribution >= 4 is 55.8 Å². The standard InChI is InChI=1S/C32H27BrN2O6S/c1-4-40-31(39)29-19(3)34-32(42-29)35-26(21-8-12-23(33)13-9-21)25(28(37)30(35)38)27(36)22-10-14-24(15-11-22)41-17-20-7-5-6-18(2)16-20/h5-16,26,36H,4,17H2,1-3H3/b27-25+. The predicted octanol–water partition coefficient (Wildman–Crippen LogP) is 6.90. The number of hydrogen-bond donors (Lipinski definition) is 1. The fourth-order valence-electron chi connectivity index (χ4n) is 4.69. The van der Waals surface area contributed by atoms with Crippen LogP contribution in [0.3, 0.4) is 0 Å². The molecule has 0 aliphatic carbocycles. The average Bonchev–Trinajstić information content (AvgIpc) is 3.48. The van der Waals surface area contributed by atoms with Crippen molar-refractivity contribution in [3.05, 3.63) is 116 Å². The molecular weight excluding hydrogens is 620 g/mol. The number of ether oxygens (including phenoxy) is 2. The number of aryl methyl sites for hydroxylation is 2. The number of thiazole rings is 1. The lowest BCUT2D eigenvalue weighted by Crippen LogP contribution is -2.29. The molecule has 10 heteroatoms. The fraction of sp³-hybridized carbons (Fsp3) is 0.188. The van der Waals surface area contributed by atoms with Crippen molar-refractivity contribution in [3.63, 3.8) is 0 Å². The normalized spacial score (nSPS) is 16.1. The number of esters is 1. The van der Waals surface area contributed by atoms with Gasteiger partial charge in [0.1, 0.15) is 23.0 Å². The summed E-state index contributed by atoms with van der Waals surface area (Å²) in [5.74, 6) is -2.01. The lowest BCUT2D eigenvalue weighted by atomic mass is 9.95. The minimum absolute atomic E-state index is 0.0821. The van der Waals surface area contributed by atoms with E-state index in [9.17, 15) is 19.5 Å². The van der Waals surface area contributed by atoms with Gasteiger partial charge in [0, 0.05) is 10.0 Å². The first-order valence-electron chi connectivity index (χ1n) is 13.2. The maximum atomic E-state index is 13.5. The molecule has 1 saturated heterocycles. The molecule has 3 aromatic carbocycles. The monoisotopic (exact) mass is 646 g/mol. The number of carbonyl (C=O) groups is 3. The number of rotatable bonds is 8. The summed E-state index contributed by atoms with van der Waals surface area (Å²) in [6.07, 6.45) is 0. The van der Waals surface area contributed by atoms with Crippen LogP contribution in [0.25, 0.3) is 5.76 Å². The first kappa shape index (κ1) is 29.2. The van der Waals surface area contributed by atoms with E-state index >= 15 is 0 Å². The number of ketones is 1. The molecule has 1 amide bonds. The molecular formula is C32H27BrN2O6S. The topological polar surface area (TPSA) is 106 Å². The van der Waals surface area contributed by atoms with Gasteiger partial charge in [-0.05, 0) is 68.3 Å². The van der Waals surface area contributed by atoms with Gasteiger partial charge in [0.25, 0.3) is 5.78 Å². The highest BCUT2D eigenvalue weighted by Crippen LogP contribution is 2.44. The molecule has 1 atom stereocenters. The van der Waals surface area contributed by atoms with E-state index in [-0.39, 0.29) is 27.9 Å². The lowest BCUT2D eigenvalue weighted by Gasteiger charge is -2.23. The maximum absolute atomic E-state index is 13.5. The van der Waals surface area contributed by atoms with Gasteiger partial charge in [0.2, 0.25) is 0 Å². The van der Waals surface area contributed by atoms with Crippen LogP contribution in [0.15, 0.2) is 82.8 Å². The second-order valence-corrected chi connectivity index (χ2v) is 11.5. The van der Waals surface area contributed by atoms with E-state index in [1.54, 1.807) is 62.4 Å². The molecule has 5 rings (SSSR count). The van der Waals surface area contributed by atoms with E-state index < -0.39 is 23.7 Å². The van der Waals surface area contributed by atoms with Gasteiger partial charge in [-0.3, -0.25) is 14.5 Å². The Labute approximate surface area is 255 Å².